The fourth-order valence-electron chi connectivity index (χ4n) is 1.43. The SMILES string of the molecule is CCNc1ncc(Br)c(Nc2c(F)cccc2F)n1. The maximum absolute atomic E-state index is 13.5. The lowest BCUT2D eigenvalue weighted by atomic mass is 10.3. The van der Waals surface area contributed by atoms with Crippen LogP contribution in [0.2, 0.25) is 0 Å². The van der Waals surface area contributed by atoms with Gasteiger partial charge < -0.3 is 10.6 Å². The zero-order valence-electron chi connectivity index (χ0n) is 10.0. The molecule has 2 N–H and O–H groups in total. The molecule has 1 aromatic heterocycles. The number of nitrogens with zero attached hydrogens (tertiary/aromatic N) is 2. The molecule has 2 aromatic rings. The van der Waals surface area contributed by atoms with E-state index in [4.69, 9.17) is 0 Å². The number of halogens is 3. The minimum Gasteiger partial charge on any atom is -0.354 e. The van der Waals surface area contributed by atoms with E-state index in [9.17, 15) is 8.78 Å². The van der Waals surface area contributed by atoms with E-state index in [1.54, 1.807) is 0 Å². The van der Waals surface area contributed by atoms with Crippen LogP contribution in [0.4, 0.5) is 26.2 Å². The first kappa shape index (κ1) is 13.7. The molecular weight excluding hydrogens is 318 g/mol. The van der Waals surface area contributed by atoms with Crippen molar-refractivity contribution in [2.75, 3.05) is 17.2 Å². The maximum atomic E-state index is 13.5. The van der Waals surface area contributed by atoms with Crippen LogP contribution >= 0.6 is 15.9 Å². The summed E-state index contributed by atoms with van der Waals surface area (Å²) in [7, 11) is 0. The summed E-state index contributed by atoms with van der Waals surface area (Å²) < 4.78 is 27.6. The number of anilines is 3. The number of hydrogen-bond acceptors (Lipinski definition) is 4. The van der Waals surface area contributed by atoms with Crippen LogP contribution in [-0.2, 0) is 0 Å². The first-order valence-corrected chi connectivity index (χ1v) is 6.38. The van der Waals surface area contributed by atoms with Crippen LogP contribution in [0.5, 0.6) is 0 Å². The van der Waals surface area contributed by atoms with E-state index in [2.05, 4.69) is 36.5 Å². The van der Waals surface area contributed by atoms with Crippen molar-refractivity contribution in [1.29, 1.82) is 0 Å². The second-order valence-electron chi connectivity index (χ2n) is 3.64. The average molecular weight is 329 g/mol. The molecule has 1 aromatic carbocycles. The van der Waals surface area contributed by atoms with Gasteiger partial charge in [0.05, 0.1) is 4.47 Å². The van der Waals surface area contributed by atoms with E-state index in [0.717, 1.165) is 0 Å². The van der Waals surface area contributed by atoms with Crippen molar-refractivity contribution in [2.24, 2.45) is 0 Å². The zero-order chi connectivity index (χ0) is 13.8. The van der Waals surface area contributed by atoms with Crippen molar-refractivity contribution < 1.29 is 8.78 Å². The van der Waals surface area contributed by atoms with Crippen molar-refractivity contribution in [3.8, 4) is 0 Å². The summed E-state index contributed by atoms with van der Waals surface area (Å²) in [6.07, 6.45) is 1.51. The molecule has 7 heteroatoms. The first-order valence-electron chi connectivity index (χ1n) is 5.59. The van der Waals surface area contributed by atoms with Crippen LogP contribution in [0.3, 0.4) is 0 Å². The maximum Gasteiger partial charge on any atom is 0.224 e. The van der Waals surface area contributed by atoms with Crippen LogP contribution < -0.4 is 10.6 Å². The molecule has 0 fully saturated rings. The van der Waals surface area contributed by atoms with Crippen molar-refractivity contribution in [3.05, 3.63) is 40.5 Å². The Labute approximate surface area is 117 Å². The molecule has 2 rings (SSSR count). The Morgan fingerprint density at radius 2 is 1.95 bits per heavy atom. The first-order chi connectivity index (χ1) is 9.11. The minimum absolute atomic E-state index is 0.246. The molecule has 0 radical (unpaired) electrons. The second kappa shape index (κ2) is 5.92. The average Bonchev–Trinajstić information content (AvgIpc) is 2.38. The van der Waals surface area contributed by atoms with Gasteiger partial charge >= 0.3 is 0 Å². The number of aromatic nitrogens is 2. The van der Waals surface area contributed by atoms with E-state index >= 15 is 0 Å². The molecule has 1 heterocycles. The highest BCUT2D eigenvalue weighted by Crippen LogP contribution is 2.27. The topological polar surface area (TPSA) is 49.8 Å². The van der Waals surface area contributed by atoms with Gasteiger partial charge in [-0.15, -0.1) is 0 Å². The predicted molar refractivity (Wildman–Crippen MR) is 73.5 cm³/mol. The number of rotatable bonds is 4. The lowest BCUT2D eigenvalue weighted by molar-refractivity contribution is 0.590. The molecule has 19 heavy (non-hydrogen) atoms. The van der Waals surface area contributed by atoms with Crippen LogP contribution in [0.15, 0.2) is 28.9 Å². The Morgan fingerprint density at radius 3 is 2.58 bits per heavy atom. The van der Waals surface area contributed by atoms with Gasteiger partial charge in [0.25, 0.3) is 0 Å². The number of benzene rings is 1. The highest BCUT2D eigenvalue weighted by atomic mass is 79.9. The van der Waals surface area contributed by atoms with Crippen LogP contribution in [0, 0.1) is 11.6 Å². The lowest BCUT2D eigenvalue weighted by Gasteiger charge is -2.10. The predicted octanol–water partition coefficient (Wildman–Crippen LogP) is 3.69. The van der Waals surface area contributed by atoms with Gasteiger partial charge in [-0.05, 0) is 35.0 Å². The fraction of sp³-hybridized carbons (Fsp3) is 0.167. The Balaban J connectivity index is 2.35. The summed E-state index contributed by atoms with van der Waals surface area (Å²) in [5, 5.41) is 5.54. The number of nitrogens with one attached hydrogen (secondary N) is 2. The van der Waals surface area contributed by atoms with Crippen LogP contribution in [0.25, 0.3) is 0 Å². The third kappa shape index (κ3) is 3.17. The monoisotopic (exact) mass is 328 g/mol. The van der Waals surface area contributed by atoms with Gasteiger partial charge in [-0.3, -0.25) is 0 Å². The molecule has 4 nitrogen and oxygen atoms in total. The van der Waals surface area contributed by atoms with Gasteiger partial charge in [0.2, 0.25) is 5.95 Å². The third-order valence-electron chi connectivity index (χ3n) is 2.29. The smallest absolute Gasteiger partial charge is 0.224 e. The van der Waals surface area contributed by atoms with Gasteiger partial charge in [-0.2, -0.15) is 4.98 Å². The number of hydrogen-bond donors (Lipinski definition) is 2. The standard InChI is InChI=1S/C12H11BrF2N4/c1-2-16-12-17-6-7(13)11(19-12)18-10-8(14)4-3-5-9(10)15/h3-6H,2H2,1H3,(H2,16,17,18,19). The van der Waals surface area contributed by atoms with E-state index < -0.39 is 11.6 Å². The summed E-state index contributed by atoms with van der Waals surface area (Å²) in [6, 6.07) is 3.65. The molecule has 0 spiro atoms. The molecule has 100 valence electrons. The van der Waals surface area contributed by atoms with Crippen molar-refractivity contribution in [3.63, 3.8) is 0 Å². The summed E-state index contributed by atoms with van der Waals surface area (Å²) in [5.41, 5.74) is -0.246. The fourth-order valence-corrected chi connectivity index (χ4v) is 1.72. The summed E-state index contributed by atoms with van der Waals surface area (Å²) in [4.78, 5) is 8.14. The molecule has 0 amide bonds. The normalized spacial score (nSPS) is 10.3. The van der Waals surface area contributed by atoms with Gasteiger partial charge in [-0.25, -0.2) is 13.8 Å². The Bertz CT molecular complexity index is 572. The summed E-state index contributed by atoms with van der Waals surface area (Å²) in [6.45, 7) is 2.55. The molecular formula is C12H11BrF2N4. The molecule has 0 aliphatic heterocycles. The molecule has 0 aliphatic carbocycles. The van der Waals surface area contributed by atoms with Gasteiger partial charge in [0, 0.05) is 12.7 Å². The molecule has 0 bridgehead atoms. The summed E-state index contributed by atoms with van der Waals surface area (Å²) >= 11 is 3.23. The van der Waals surface area contributed by atoms with E-state index in [1.807, 2.05) is 6.92 Å². The Morgan fingerprint density at radius 1 is 1.26 bits per heavy atom. The van der Waals surface area contributed by atoms with Crippen molar-refractivity contribution >= 4 is 33.4 Å². The van der Waals surface area contributed by atoms with Gasteiger partial charge in [0.1, 0.15) is 17.3 Å². The minimum atomic E-state index is -0.685. The molecule has 0 saturated carbocycles. The largest absolute Gasteiger partial charge is 0.354 e. The lowest BCUT2D eigenvalue weighted by Crippen LogP contribution is -2.06. The van der Waals surface area contributed by atoms with Crippen molar-refractivity contribution in [1.82, 2.24) is 9.97 Å². The van der Waals surface area contributed by atoms with Crippen LogP contribution in [-0.4, -0.2) is 16.5 Å². The molecule has 0 atom stereocenters. The highest BCUT2D eigenvalue weighted by Gasteiger charge is 2.12. The van der Waals surface area contributed by atoms with Crippen LogP contribution in [0.1, 0.15) is 6.92 Å². The highest BCUT2D eigenvalue weighted by molar-refractivity contribution is 9.10. The second-order valence-corrected chi connectivity index (χ2v) is 4.50. The van der Waals surface area contributed by atoms with E-state index in [-0.39, 0.29) is 11.5 Å². The van der Waals surface area contributed by atoms with E-state index in [0.29, 0.717) is 17.0 Å². The quantitative estimate of drug-likeness (QED) is 0.898. The van der Waals surface area contributed by atoms with Gasteiger partial charge in [-0.1, -0.05) is 6.07 Å². The Hall–Kier alpha value is -1.76. The summed E-state index contributed by atoms with van der Waals surface area (Å²) in [5.74, 6) is -0.703. The van der Waals surface area contributed by atoms with Gasteiger partial charge in [0.15, 0.2) is 5.82 Å². The molecule has 0 aliphatic rings. The third-order valence-corrected chi connectivity index (χ3v) is 2.87. The van der Waals surface area contributed by atoms with Crippen molar-refractivity contribution in [2.45, 2.75) is 6.92 Å². The Kier molecular flexibility index (Phi) is 4.26. The van der Waals surface area contributed by atoms with E-state index in [1.165, 1.54) is 24.4 Å². The zero-order valence-corrected chi connectivity index (χ0v) is 11.6. The number of para-hydroxylation sites is 1. The molecule has 0 unspecified atom stereocenters. The molecule has 0 saturated heterocycles.